The molecule has 2 heterocycles. The summed E-state index contributed by atoms with van der Waals surface area (Å²) in [4.78, 5) is 26.5. The summed E-state index contributed by atoms with van der Waals surface area (Å²) in [5, 5.41) is 7.45. The molecule has 0 bridgehead atoms. The van der Waals surface area contributed by atoms with Crippen molar-refractivity contribution in [2.45, 2.75) is 52.6 Å². The smallest absolute Gasteiger partial charge is 0.347 e. The summed E-state index contributed by atoms with van der Waals surface area (Å²) in [5.74, 6) is -0.691. The van der Waals surface area contributed by atoms with Crippen LogP contribution in [0.5, 0.6) is 0 Å². The van der Waals surface area contributed by atoms with Crippen LogP contribution in [0.3, 0.4) is 0 Å². The molecule has 0 aliphatic carbocycles. The largest absolute Gasteiger partial charge is 0.462 e. The summed E-state index contributed by atoms with van der Waals surface area (Å²) in [6.07, 6.45) is 5.05. The predicted molar refractivity (Wildman–Crippen MR) is 102 cm³/mol. The molecule has 8 nitrogen and oxygen atoms in total. The Morgan fingerprint density at radius 3 is 2.33 bits per heavy atom. The maximum Gasteiger partial charge on any atom is 0.347 e. The molecule has 1 aliphatic heterocycles. The highest BCUT2D eigenvalue weighted by Crippen LogP contribution is 2.26. The van der Waals surface area contributed by atoms with Crippen molar-refractivity contribution in [1.82, 2.24) is 14.7 Å². The van der Waals surface area contributed by atoms with Gasteiger partial charge in [0.2, 0.25) is 0 Å². The number of nitrogens with one attached hydrogen (secondary N) is 1. The molecule has 0 saturated carbocycles. The molecule has 1 saturated heterocycles. The third kappa shape index (κ3) is 5.56. The van der Waals surface area contributed by atoms with Crippen LogP contribution >= 0.6 is 0 Å². The lowest BCUT2D eigenvalue weighted by molar-refractivity contribution is -0.146. The van der Waals surface area contributed by atoms with E-state index >= 15 is 0 Å². The minimum Gasteiger partial charge on any atom is -0.462 e. The van der Waals surface area contributed by atoms with Crippen molar-refractivity contribution in [1.29, 1.82) is 0 Å². The molecule has 1 N–H and O–H groups in total. The average molecular weight is 378 g/mol. The van der Waals surface area contributed by atoms with E-state index in [1.54, 1.807) is 20.0 Å². The Bertz CT molecular complexity index is 640. The van der Waals surface area contributed by atoms with E-state index in [-0.39, 0.29) is 24.8 Å². The van der Waals surface area contributed by atoms with Crippen LogP contribution < -0.4 is 5.32 Å². The molecule has 1 aromatic heterocycles. The van der Waals surface area contributed by atoms with Gasteiger partial charge in [0, 0.05) is 31.4 Å². The van der Waals surface area contributed by atoms with Gasteiger partial charge in [-0.3, -0.25) is 0 Å². The van der Waals surface area contributed by atoms with Gasteiger partial charge in [-0.25, -0.2) is 14.3 Å². The Labute approximate surface area is 160 Å². The highest BCUT2D eigenvalue weighted by molar-refractivity contribution is 6.14. The Balaban J connectivity index is 2.10. The highest BCUT2D eigenvalue weighted by atomic mass is 16.6. The molecule has 2 rings (SSSR count). The minimum atomic E-state index is -0.709. The second-order valence-corrected chi connectivity index (χ2v) is 6.67. The molecule has 1 aliphatic rings. The summed E-state index contributed by atoms with van der Waals surface area (Å²) in [5.41, 5.74) is -0.166. The lowest BCUT2D eigenvalue weighted by Gasteiger charge is -2.35. The molecule has 0 aromatic carbocycles. The van der Waals surface area contributed by atoms with Crippen LogP contribution in [-0.2, 0) is 19.1 Å². The van der Waals surface area contributed by atoms with Crippen LogP contribution in [0, 0.1) is 0 Å². The number of esters is 2. The fourth-order valence-electron chi connectivity index (χ4n) is 3.13. The van der Waals surface area contributed by atoms with Gasteiger partial charge in [-0.05, 0) is 40.5 Å². The van der Waals surface area contributed by atoms with E-state index in [2.05, 4.69) is 29.2 Å². The minimum absolute atomic E-state index is 0.166. The van der Waals surface area contributed by atoms with Gasteiger partial charge in [-0.2, -0.15) is 5.10 Å². The van der Waals surface area contributed by atoms with Crippen LogP contribution in [0.4, 0.5) is 5.82 Å². The summed E-state index contributed by atoms with van der Waals surface area (Å²) < 4.78 is 11.8. The van der Waals surface area contributed by atoms with Gasteiger partial charge in [0.15, 0.2) is 5.57 Å². The van der Waals surface area contributed by atoms with Gasteiger partial charge >= 0.3 is 11.9 Å². The van der Waals surface area contributed by atoms with Gasteiger partial charge in [0.1, 0.15) is 5.82 Å². The Kier molecular flexibility index (Phi) is 7.84. The topological polar surface area (TPSA) is 85.7 Å². The Morgan fingerprint density at radius 2 is 1.81 bits per heavy atom. The summed E-state index contributed by atoms with van der Waals surface area (Å²) in [6.45, 7) is 10.2. The maximum absolute atomic E-state index is 12.0. The first kappa shape index (κ1) is 21.0. The lowest BCUT2D eigenvalue weighted by Crippen LogP contribution is -2.39. The zero-order valence-corrected chi connectivity index (χ0v) is 16.6. The summed E-state index contributed by atoms with van der Waals surface area (Å²) in [6, 6.07) is 2.64. The SMILES string of the molecule is CCOC(=O)C(=CNc1ccnn1C1CCN(C(C)C)CC1)C(=O)OCC. The first-order chi connectivity index (χ1) is 13.0. The van der Waals surface area contributed by atoms with E-state index in [1.807, 2.05) is 10.7 Å². The van der Waals surface area contributed by atoms with Gasteiger partial charge in [-0.15, -0.1) is 0 Å². The quantitative estimate of drug-likeness (QED) is 0.322. The predicted octanol–water partition coefficient (Wildman–Crippen LogP) is 2.35. The molecule has 1 aromatic rings. The standard InChI is InChI=1S/C19H30N4O4/c1-5-26-18(24)16(19(25)27-6-2)13-20-17-7-10-21-23(17)15-8-11-22(12-9-15)14(3)4/h7,10,13-15,20H,5-6,8-9,11-12H2,1-4H3. The third-order valence-corrected chi connectivity index (χ3v) is 4.60. The summed E-state index contributed by atoms with van der Waals surface area (Å²) >= 11 is 0. The first-order valence-corrected chi connectivity index (χ1v) is 9.56. The molecule has 0 atom stereocenters. The van der Waals surface area contributed by atoms with Crippen LogP contribution in [0.15, 0.2) is 24.0 Å². The van der Waals surface area contributed by atoms with Crippen molar-refractivity contribution in [2.24, 2.45) is 0 Å². The zero-order valence-electron chi connectivity index (χ0n) is 16.6. The molecule has 0 spiro atoms. The van der Waals surface area contributed by atoms with E-state index in [1.165, 1.54) is 6.20 Å². The molecule has 0 radical (unpaired) electrons. The van der Waals surface area contributed by atoms with E-state index < -0.39 is 11.9 Å². The van der Waals surface area contributed by atoms with Crippen molar-refractivity contribution >= 4 is 17.8 Å². The van der Waals surface area contributed by atoms with Gasteiger partial charge in [-0.1, -0.05) is 0 Å². The monoisotopic (exact) mass is 378 g/mol. The van der Waals surface area contributed by atoms with Crippen molar-refractivity contribution < 1.29 is 19.1 Å². The average Bonchev–Trinajstić information content (AvgIpc) is 3.11. The van der Waals surface area contributed by atoms with Gasteiger partial charge < -0.3 is 19.7 Å². The Hall–Kier alpha value is -2.35. The van der Waals surface area contributed by atoms with Gasteiger partial charge in [0.05, 0.1) is 25.5 Å². The molecule has 0 unspecified atom stereocenters. The van der Waals surface area contributed by atoms with Crippen molar-refractivity contribution in [2.75, 3.05) is 31.6 Å². The molecule has 8 heteroatoms. The number of rotatable bonds is 8. The number of aromatic nitrogens is 2. The van der Waals surface area contributed by atoms with Crippen molar-refractivity contribution in [3.8, 4) is 0 Å². The zero-order chi connectivity index (χ0) is 19.8. The van der Waals surface area contributed by atoms with E-state index in [9.17, 15) is 9.59 Å². The number of nitrogens with zero attached hydrogens (tertiary/aromatic N) is 3. The number of piperidine rings is 1. The normalized spacial score (nSPS) is 15.4. The molecule has 0 amide bonds. The molecular weight excluding hydrogens is 348 g/mol. The number of likely N-dealkylation sites (tertiary alicyclic amines) is 1. The Morgan fingerprint density at radius 1 is 1.22 bits per heavy atom. The lowest BCUT2D eigenvalue weighted by atomic mass is 10.0. The van der Waals surface area contributed by atoms with E-state index in [4.69, 9.17) is 9.47 Å². The second-order valence-electron chi connectivity index (χ2n) is 6.67. The fraction of sp³-hybridized carbons (Fsp3) is 0.632. The molecule has 150 valence electrons. The number of anilines is 1. The third-order valence-electron chi connectivity index (χ3n) is 4.60. The fourth-order valence-corrected chi connectivity index (χ4v) is 3.13. The number of carbonyl (C=O) groups is 2. The maximum atomic E-state index is 12.0. The number of ether oxygens (including phenoxy) is 2. The van der Waals surface area contributed by atoms with Gasteiger partial charge in [0.25, 0.3) is 0 Å². The van der Waals surface area contributed by atoms with Crippen LogP contribution in [0.25, 0.3) is 0 Å². The number of carbonyl (C=O) groups excluding carboxylic acids is 2. The summed E-state index contributed by atoms with van der Waals surface area (Å²) in [7, 11) is 0. The van der Waals surface area contributed by atoms with E-state index in [0.717, 1.165) is 31.7 Å². The van der Waals surface area contributed by atoms with E-state index in [0.29, 0.717) is 6.04 Å². The molecular formula is C19H30N4O4. The van der Waals surface area contributed by atoms with Crippen LogP contribution in [0.1, 0.15) is 46.6 Å². The molecule has 1 fully saturated rings. The van der Waals surface area contributed by atoms with Crippen LogP contribution in [-0.4, -0.2) is 59.0 Å². The highest BCUT2D eigenvalue weighted by Gasteiger charge is 2.25. The first-order valence-electron chi connectivity index (χ1n) is 9.56. The van der Waals surface area contributed by atoms with Crippen molar-refractivity contribution in [3.63, 3.8) is 0 Å². The number of hydrogen-bond acceptors (Lipinski definition) is 7. The number of hydrogen-bond donors (Lipinski definition) is 1. The van der Waals surface area contributed by atoms with Crippen molar-refractivity contribution in [3.05, 3.63) is 24.0 Å². The molecule has 27 heavy (non-hydrogen) atoms. The van der Waals surface area contributed by atoms with Crippen LogP contribution in [0.2, 0.25) is 0 Å². The second kappa shape index (κ2) is 10.1.